The lowest BCUT2D eigenvalue weighted by Gasteiger charge is -2.16. The van der Waals surface area contributed by atoms with Gasteiger partial charge < -0.3 is 15.2 Å². The highest BCUT2D eigenvalue weighted by Gasteiger charge is 2.22. The van der Waals surface area contributed by atoms with Crippen LogP contribution in [0.25, 0.3) is 16.6 Å². The molecule has 30 heavy (non-hydrogen) atoms. The van der Waals surface area contributed by atoms with Gasteiger partial charge in [0.15, 0.2) is 0 Å². The predicted molar refractivity (Wildman–Crippen MR) is 120 cm³/mol. The van der Waals surface area contributed by atoms with E-state index in [1.165, 1.54) is 41.5 Å². The summed E-state index contributed by atoms with van der Waals surface area (Å²) in [4.78, 5) is 10.1. The van der Waals surface area contributed by atoms with Crippen molar-refractivity contribution in [3.8, 4) is 5.69 Å². The number of hydrogen-bond donors (Lipinski definition) is 2. The zero-order valence-electron chi connectivity index (χ0n) is 17.2. The number of likely N-dealkylation sites (tertiary alicyclic amines) is 1. The minimum Gasteiger partial charge on any atom is -0.361 e. The smallest absolute Gasteiger partial charge is 0.138 e. The molecule has 0 radical (unpaired) electrons. The van der Waals surface area contributed by atoms with Gasteiger partial charge in [0, 0.05) is 36.7 Å². The molecular weight excluding hydrogens is 372 g/mol. The normalized spacial score (nSPS) is 17.1. The molecule has 1 fully saturated rings. The van der Waals surface area contributed by atoms with Gasteiger partial charge in [0.1, 0.15) is 12.7 Å². The monoisotopic (exact) mass is 400 g/mol. The van der Waals surface area contributed by atoms with E-state index in [-0.39, 0.29) is 0 Å². The van der Waals surface area contributed by atoms with Crippen molar-refractivity contribution < 1.29 is 0 Å². The molecule has 0 saturated carbocycles. The van der Waals surface area contributed by atoms with Crippen molar-refractivity contribution in [2.75, 3.05) is 26.2 Å². The molecule has 0 aliphatic carbocycles. The van der Waals surface area contributed by atoms with Crippen LogP contribution in [0.4, 0.5) is 0 Å². The van der Waals surface area contributed by atoms with Gasteiger partial charge in [-0.2, -0.15) is 5.10 Å². The zero-order valence-corrected chi connectivity index (χ0v) is 17.2. The van der Waals surface area contributed by atoms with Gasteiger partial charge in [-0.3, -0.25) is 0 Å². The number of H-pyrrole nitrogens is 1. The van der Waals surface area contributed by atoms with Gasteiger partial charge in [-0.15, -0.1) is 0 Å². The Labute approximate surface area is 176 Å². The van der Waals surface area contributed by atoms with Gasteiger partial charge in [0.05, 0.1) is 5.69 Å². The summed E-state index contributed by atoms with van der Waals surface area (Å²) in [6, 6.07) is 17.1. The minimum atomic E-state index is 0.746. The molecule has 0 amide bonds. The van der Waals surface area contributed by atoms with Gasteiger partial charge in [-0.1, -0.05) is 30.3 Å². The van der Waals surface area contributed by atoms with Crippen LogP contribution in [0.5, 0.6) is 0 Å². The van der Waals surface area contributed by atoms with E-state index in [1.54, 1.807) is 12.7 Å². The largest absolute Gasteiger partial charge is 0.361 e. The van der Waals surface area contributed by atoms with Crippen molar-refractivity contribution in [1.82, 2.24) is 30.0 Å². The summed E-state index contributed by atoms with van der Waals surface area (Å²) in [7, 11) is 0. The molecule has 0 bridgehead atoms. The standard InChI is InChI=1S/C24H28N6/c1-2-4-19(5-3-1)13-25-14-20-8-10-29(16-20)11-9-21-15-27-24-7-6-22(12-23(21)24)30-18-26-17-28-30/h1-7,12,15,17-18,20,25,27H,8-11,13-14,16H2/t20-/m0/s1. The van der Waals surface area contributed by atoms with E-state index in [2.05, 4.69) is 80.0 Å². The molecule has 5 rings (SSSR count). The van der Waals surface area contributed by atoms with Crippen molar-refractivity contribution in [2.24, 2.45) is 5.92 Å². The van der Waals surface area contributed by atoms with Crippen LogP contribution >= 0.6 is 0 Å². The van der Waals surface area contributed by atoms with E-state index in [0.29, 0.717) is 0 Å². The Morgan fingerprint density at radius 1 is 1.13 bits per heavy atom. The highest BCUT2D eigenvalue weighted by molar-refractivity contribution is 5.85. The van der Waals surface area contributed by atoms with Crippen molar-refractivity contribution in [3.05, 3.63) is 78.5 Å². The fourth-order valence-electron chi connectivity index (χ4n) is 4.43. The zero-order chi connectivity index (χ0) is 20.2. The first-order valence-corrected chi connectivity index (χ1v) is 10.8. The number of benzene rings is 2. The molecule has 6 nitrogen and oxygen atoms in total. The summed E-state index contributed by atoms with van der Waals surface area (Å²) < 4.78 is 1.81. The van der Waals surface area contributed by atoms with E-state index in [4.69, 9.17) is 0 Å². The first-order chi connectivity index (χ1) is 14.8. The fraction of sp³-hybridized carbons (Fsp3) is 0.333. The Kier molecular flexibility index (Phi) is 5.59. The van der Waals surface area contributed by atoms with E-state index >= 15 is 0 Å². The molecule has 0 unspecified atom stereocenters. The summed E-state index contributed by atoms with van der Waals surface area (Å²) in [5.74, 6) is 0.746. The molecule has 0 spiro atoms. The Morgan fingerprint density at radius 3 is 2.93 bits per heavy atom. The van der Waals surface area contributed by atoms with Crippen molar-refractivity contribution in [1.29, 1.82) is 0 Å². The minimum absolute atomic E-state index is 0.746. The number of fused-ring (bicyclic) bond motifs is 1. The second-order valence-electron chi connectivity index (χ2n) is 8.21. The lowest BCUT2D eigenvalue weighted by atomic mass is 10.1. The predicted octanol–water partition coefficient (Wildman–Crippen LogP) is 3.40. The molecular formula is C24H28N6. The maximum Gasteiger partial charge on any atom is 0.138 e. The van der Waals surface area contributed by atoms with Gasteiger partial charge in [-0.05, 0) is 61.2 Å². The second-order valence-corrected chi connectivity index (χ2v) is 8.21. The maximum atomic E-state index is 4.25. The molecule has 2 aromatic carbocycles. The Hall–Kier alpha value is -2.96. The molecule has 2 aromatic heterocycles. The summed E-state index contributed by atoms with van der Waals surface area (Å²) in [6.07, 6.45) is 7.81. The first kappa shape index (κ1) is 19.0. The number of rotatable bonds is 8. The average Bonchev–Trinajstić information content (AvgIpc) is 3.54. The summed E-state index contributed by atoms with van der Waals surface area (Å²) in [6.45, 7) is 5.55. The van der Waals surface area contributed by atoms with Crippen LogP contribution in [0.15, 0.2) is 67.4 Å². The molecule has 4 aromatic rings. The van der Waals surface area contributed by atoms with Crippen LogP contribution in [0.3, 0.4) is 0 Å². The van der Waals surface area contributed by atoms with Crippen molar-refractivity contribution >= 4 is 10.9 Å². The number of nitrogens with one attached hydrogen (secondary N) is 2. The molecule has 3 heterocycles. The van der Waals surface area contributed by atoms with Crippen LogP contribution < -0.4 is 5.32 Å². The third-order valence-corrected chi connectivity index (χ3v) is 6.11. The van der Waals surface area contributed by atoms with Crippen LogP contribution in [-0.4, -0.2) is 50.8 Å². The van der Waals surface area contributed by atoms with Crippen molar-refractivity contribution in [2.45, 2.75) is 19.4 Å². The lowest BCUT2D eigenvalue weighted by Crippen LogP contribution is -2.27. The van der Waals surface area contributed by atoms with Crippen LogP contribution in [0, 0.1) is 5.92 Å². The third-order valence-electron chi connectivity index (χ3n) is 6.11. The highest BCUT2D eigenvalue weighted by Crippen LogP contribution is 2.23. The maximum absolute atomic E-state index is 4.25. The molecule has 1 saturated heterocycles. The number of aromatic amines is 1. The number of hydrogen-bond acceptors (Lipinski definition) is 4. The number of aromatic nitrogens is 4. The van der Waals surface area contributed by atoms with Gasteiger partial charge in [0.2, 0.25) is 0 Å². The Morgan fingerprint density at radius 2 is 2.07 bits per heavy atom. The first-order valence-electron chi connectivity index (χ1n) is 10.8. The lowest BCUT2D eigenvalue weighted by molar-refractivity contribution is 0.326. The molecule has 1 atom stereocenters. The molecule has 1 aliphatic heterocycles. The van der Waals surface area contributed by atoms with E-state index in [9.17, 15) is 0 Å². The average molecular weight is 401 g/mol. The SMILES string of the molecule is c1ccc(CNC[C@@H]2CCN(CCc3c[nH]c4ccc(-n5cncn5)cc34)C2)cc1. The highest BCUT2D eigenvalue weighted by atomic mass is 15.3. The molecule has 6 heteroatoms. The molecule has 154 valence electrons. The summed E-state index contributed by atoms with van der Waals surface area (Å²) in [5, 5.41) is 9.16. The van der Waals surface area contributed by atoms with Gasteiger partial charge >= 0.3 is 0 Å². The Bertz CT molecular complexity index is 1070. The van der Waals surface area contributed by atoms with Crippen LogP contribution in [-0.2, 0) is 13.0 Å². The van der Waals surface area contributed by atoms with E-state index in [1.807, 2.05) is 4.68 Å². The second kappa shape index (κ2) is 8.81. The third kappa shape index (κ3) is 4.30. The molecule has 2 N–H and O–H groups in total. The van der Waals surface area contributed by atoms with Gasteiger partial charge in [-0.25, -0.2) is 9.67 Å². The quantitative estimate of drug-likeness (QED) is 0.476. The fourth-order valence-corrected chi connectivity index (χ4v) is 4.43. The van der Waals surface area contributed by atoms with E-state index < -0.39 is 0 Å². The molecule has 1 aliphatic rings. The van der Waals surface area contributed by atoms with Crippen molar-refractivity contribution in [3.63, 3.8) is 0 Å². The van der Waals surface area contributed by atoms with Crippen LogP contribution in [0.1, 0.15) is 17.5 Å². The summed E-state index contributed by atoms with van der Waals surface area (Å²) in [5.41, 5.74) is 4.96. The van der Waals surface area contributed by atoms with E-state index in [0.717, 1.165) is 37.7 Å². The summed E-state index contributed by atoms with van der Waals surface area (Å²) >= 11 is 0. The topological polar surface area (TPSA) is 61.8 Å². The van der Waals surface area contributed by atoms with Gasteiger partial charge in [0.25, 0.3) is 0 Å². The number of nitrogens with zero attached hydrogens (tertiary/aromatic N) is 4. The van der Waals surface area contributed by atoms with Crippen LogP contribution in [0.2, 0.25) is 0 Å². The Balaban J connectivity index is 1.14.